The van der Waals surface area contributed by atoms with Crippen molar-refractivity contribution in [2.45, 2.75) is 19.4 Å². The Morgan fingerprint density at radius 3 is 2.67 bits per heavy atom. The number of halogens is 1. The van der Waals surface area contributed by atoms with Gasteiger partial charge in [-0.2, -0.15) is 0 Å². The van der Waals surface area contributed by atoms with Crippen molar-refractivity contribution in [3.8, 4) is 22.9 Å². The Kier molecular flexibility index (Phi) is 7.00. The van der Waals surface area contributed by atoms with Gasteiger partial charge < -0.3 is 20.5 Å². The number of methoxy groups -OCH3 is 1. The van der Waals surface area contributed by atoms with Gasteiger partial charge in [-0.05, 0) is 61.9 Å². The quantitative estimate of drug-likeness (QED) is 0.321. The Morgan fingerprint density at radius 1 is 1.03 bits per heavy atom. The molecule has 3 N–H and O–H groups in total. The molecular weight excluding hydrogens is 419 g/mol. The van der Waals surface area contributed by atoms with Gasteiger partial charge in [0.25, 0.3) is 0 Å². The molecule has 1 unspecified atom stereocenters. The fourth-order valence-corrected chi connectivity index (χ4v) is 3.73. The third-order valence-corrected chi connectivity index (χ3v) is 5.40. The van der Waals surface area contributed by atoms with Crippen LogP contribution >= 0.6 is 0 Å². The lowest BCUT2D eigenvalue weighted by molar-refractivity contribution is 0.409. The number of anilines is 1. The summed E-state index contributed by atoms with van der Waals surface area (Å²) in [6, 6.07) is 19.5. The van der Waals surface area contributed by atoms with Crippen LogP contribution in [0.3, 0.4) is 0 Å². The van der Waals surface area contributed by atoms with E-state index < -0.39 is 5.82 Å². The van der Waals surface area contributed by atoms with E-state index in [1.165, 1.54) is 18.2 Å². The Hall–Kier alpha value is -3.71. The van der Waals surface area contributed by atoms with E-state index in [9.17, 15) is 9.50 Å². The number of aromatic hydroxyl groups is 1. The van der Waals surface area contributed by atoms with Crippen LogP contribution in [-0.4, -0.2) is 41.3 Å². The molecule has 0 saturated carbocycles. The van der Waals surface area contributed by atoms with E-state index in [1.807, 2.05) is 42.5 Å². The summed E-state index contributed by atoms with van der Waals surface area (Å²) in [5, 5.41) is 18.0. The minimum absolute atomic E-state index is 0.0648. The smallest absolute Gasteiger partial charge is 0.165 e. The largest absolute Gasteiger partial charge is 0.507 e. The summed E-state index contributed by atoms with van der Waals surface area (Å²) in [5.41, 5.74) is 2.13. The first-order valence-electron chi connectivity index (χ1n) is 10.9. The molecule has 0 aliphatic heterocycles. The van der Waals surface area contributed by atoms with E-state index in [2.05, 4.69) is 33.6 Å². The highest BCUT2D eigenvalue weighted by atomic mass is 19.1. The maximum atomic E-state index is 13.8. The molecule has 0 amide bonds. The van der Waals surface area contributed by atoms with Crippen molar-refractivity contribution in [1.29, 1.82) is 0 Å². The van der Waals surface area contributed by atoms with Gasteiger partial charge in [0.1, 0.15) is 23.1 Å². The highest BCUT2D eigenvalue weighted by Gasteiger charge is 2.14. The standard InChI is InChI=1S/C26H27FN4O2/c1-17(16-28-14-13-18-7-3-6-10-24(18)33-2)29-25-20-8-4-5-9-22(20)30-26(31-25)21-15-19(27)11-12-23(21)32/h3-12,15,17,28,32H,13-14,16H2,1-2H3,(H,29,30,31). The molecular formula is C26H27FN4O2. The summed E-state index contributed by atoms with van der Waals surface area (Å²) >= 11 is 0. The number of aromatic nitrogens is 2. The Bertz CT molecular complexity index is 1250. The van der Waals surface area contributed by atoms with Crippen LogP contribution in [0.2, 0.25) is 0 Å². The lowest BCUT2D eigenvalue weighted by Crippen LogP contribution is -2.32. The molecule has 0 spiro atoms. The number of benzene rings is 3. The number of phenolic OH excluding ortho intramolecular Hbond substituents is 1. The average molecular weight is 447 g/mol. The molecule has 6 nitrogen and oxygen atoms in total. The van der Waals surface area contributed by atoms with Crippen LogP contribution in [0.4, 0.5) is 10.2 Å². The summed E-state index contributed by atoms with van der Waals surface area (Å²) in [6.45, 7) is 3.58. The molecule has 1 heterocycles. The number of para-hydroxylation sites is 2. The third kappa shape index (κ3) is 5.38. The number of nitrogens with zero attached hydrogens (tertiary/aromatic N) is 2. The lowest BCUT2D eigenvalue weighted by Gasteiger charge is -2.18. The van der Waals surface area contributed by atoms with Gasteiger partial charge in [0.2, 0.25) is 0 Å². The second-order valence-electron chi connectivity index (χ2n) is 7.89. The van der Waals surface area contributed by atoms with Crippen molar-refractivity contribution >= 4 is 16.7 Å². The molecule has 170 valence electrons. The van der Waals surface area contributed by atoms with Gasteiger partial charge in [0.15, 0.2) is 5.82 Å². The van der Waals surface area contributed by atoms with Gasteiger partial charge in [-0.3, -0.25) is 0 Å². The fraction of sp³-hybridized carbons (Fsp3) is 0.231. The summed E-state index contributed by atoms with van der Waals surface area (Å²) in [5.74, 6) is 1.28. The molecule has 3 aromatic carbocycles. The van der Waals surface area contributed by atoms with Crippen molar-refractivity contribution in [3.63, 3.8) is 0 Å². The van der Waals surface area contributed by atoms with E-state index >= 15 is 0 Å². The molecule has 7 heteroatoms. The monoisotopic (exact) mass is 446 g/mol. The summed E-state index contributed by atoms with van der Waals surface area (Å²) < 4.78 is 19.2. The maximum absolute atomic E-state index is 13.8. The Balaban J connectivity index is 1.47. The molecule has 33 heavy (non-hydrogen) atoms. The molecule has 0 radical (unpaired) electrons. The number of fused-ring (bicyclic) bond motifs is 1. The van der Waals surface area contributed by atoms with Crippen molar-refractivity contribution in [2.75, 3.05) is 25.5 Å². The van der Waals surface area contributed by atoms with Gasteiger partial charge in [-0.15, -0.1) is 0 Å². The van der Waals surface area contributed by atoms with Crippen molar-refractivity contribution in [3.05, 3.63) is 78.1 Å². The number of ether oxygens (including phenoxy) is 1. The molecule has 0 aliphatic rings. The first-order chi connectivity index (χ1) is 16.0. The van der Waals surface area contributed by atoms with Crippen LogP contribution in [0, 0.1) is 5.82 Å². The number of rotatable bonds is 9. The number of nitrogens with one attached hydrogen (secondary N) is 2. The van der Waals surface area contributed by atoms with Crippen LogP contribution in [0.5, 0.6) is 11.5 Å². The Morgan fingerprint density at radius 2 is 1.82 bits per heavy atom. The highest BCUT2D eigenvalue weighted by Crippen LogP contribution is 2.31. The maximum Gasteiger partial charge on any atom is 0.165 e. The number of hydrogen-bond donors (Lipinski definition) is 3. The first-order valence-corrected chi connectivity index (χ1v) is 10.9. The van der Waals surface area contributed by atoms with E-state index in [1.54, 1.807) is 7.11 Å². The molecule has 0 bridgehead atoms. The zero-order valence-electron chi connectivity index (χ0n) is 18.7. The summed E-state index contributed by atoms with van der Waals surface area (Å²) in [6.07, 6.45) is 0.857. The van der Waals surface area contributed by atoms with E-state index in [0.717, 1.165) is 29.7 Å². The van der Waals surface area contributed by atoms with Crippen molar-refractivity contribution < 1.29 is 14.2 Å². The van der Waals surface area contributed by atoms with Crippen LogP contribution in [0.1, 0.15) is 12.5 Å². The van der Waals surface area contributed by atoms with E-state index in [-0.39, 0.29) is 23.2 Å². The van der Waals surface area contributed by atoms with Gasteiger partial charge in [0.05, 0.1) is 18.2 Å². The van der Waals surface area contributed by atoms with Crippen LogP contribution in [0.25, 0.3) is 22.3 Å². The predicted octanol–water partition coefficient (Wildman–Crippen LogP) is 4.78. The van der Waals surface area contributed by atoms with E-state index in [0.29, 0.717) is 17.9 Å². The first kappa shape index (κ1) is 22.5. The van der Waals surface area contributed by atoms with Crippen molar-refractivity contribution in [1.82, 2.24) is 15.3 Å². The van der Waals surface area contributed by atoms with Gasteiger partial charge in [-0.1, -0.05) is 30.3 Å². The number of hydrogen-bond acceptors (Lipinski definition) is 6. The summed E-state index contributed by atoms with van der Waals surface area (Å²) in [7, 11) is 1.68. The van der Waals surface area contributed by atoms with Gasteiger partial charge in [0, 0.05) is 18.0 Å². The van der Waals surface area contributed by atoms with Crippen molar-refractivity contribution in [2.24, 2.45) is 0 Å². The van der Waals surface area contributed by atoms with Crippen LogP contribution in [0.15, 0.2) is 66.7 Å². The lowest BCUT2D eigenvalue weighted by atomic mass is 10.1. The minimum atomic E-state index is -0.457. The number of phenols is 1. The normalized spacial score (nSPS) is 12.0. The SMILES string of the molecule is COc1ccccc1CCNCC(C)Nc1nc(-c2cc(F)ccc2O)nc2ccccc12. The molecule has 1 aromatic heterocycles. The van der Waals surface area contributed by atoms with Gasteiger partial charge >= 0.3 is 0 Å². The zero-order valence-corrected chi connectivity index (χ0v) is 18.7. The molecule has 0 fully saturated rings. The van der Waals surface area contributed by atoms with Crippen LogP contribution < -0.4 is 15.4 Å². The molecule has 4 rings (SSSR count). The summed E-state index contributed by atoms with van der Waals surface area (Å²) in [4.78, 5) is 9.15. The highest BCUT2D eigenvalue weighted by molar-refractivity contribution is 5.91. The fourth-order valence-electron chi connectivity index (χ4n) is 3.73. The molecule has 1 atom stereocenters. The molecule has 4 aromatic rings. The van der Waals surface area contributed by atoms with Crippen LogP contribution in [-0.2, 0) is 6.42 Å². The minimum Gasteiger partial charge on any atom is -0.507 e. The third-order valence-electron chi connectivity index (χ3n) is 5.40. The second kappa shape index (κ2) is 10.3. The molecule has 0 aliphatic carbocycles. The predicted molar refractivity (Wildman–Crippen MR) is 129 cm³/mol. The second-order valence-corrected chi connectivity index (χ2v) is 7.89. The van der Waals surface area contributed by atoms with Gasteiger partial charge in [-0.25, -0.2) is 14.4 Å². The Labute approximate surface area is 192 Å². The van der Waals surface area contributed by atoms with E-state index in [4.69, 9.17) is 4.74 Å². The zero-order chi connectivity index (χ0) is 23.2. The average Bonchev–Trinajstić information content (AvgIpc) is 2.83. The molecule has 0 saturated heterocycles. The topological polar surface area (TPSA) is 79.3 Å².